The van der Waals surface area contributed by atoms with Gasteiger partial charge in [-0.25, -0.2) is 13.1 Å². The van der Waals surface area contributed by atoms with Crippen molar-refractivity contribution < 1.29 is 13.2 Å². The Balaban J connectivity index is 1.87. The number of ether oxygens (including phenoxy) is 1. The Morgan fingerprint density at radius 1 is 1.17 bits per heavy atom. The molecule has 0 amide bonds. The standard InChI is InChI=1S/C17H26N2O3S/c1-13-11-15-16(22-10-9-19(15)2)12-17(13)23(20,21)18-14-7-5-3-4-6-8-14/h11-12,14,18H,3-10H2,1-2H3. The van der Waals surface area contributed by atoms with Crippen molar-refractivity contribution in [3.8, 4) is 5.75 Å². The van der Waals surface area contributed by atoms with Gasteiger partial charge in [0.2, 0.25) is 10.0 Å². The minimum atomic E-state index is -3.51. The Labute approximate surface area is 139 Å². The predicted molar refractivity (Wildman–Crippen MR) is 91.8 cm³/mol. The third kappa shape index (κ3) is 3.63. The molecule has 1 N–H and O–H groups in total. The first-order valence-corrected chi connectivity index (χ1v) is 9.96. The molecule has 1 aliphatic heterocycles. The summed E-state index contributed by atoms with van der Waals surface area (Å²) in [4.78, 5) is 2.44. The van der Waals surface area contributed by atoms with E-state index in [1.807, 2.05) is 20.0 Å². The predicted octanol–water partition coefficient (Wildman–Crippen LogP) is 2.82. The van der Waals surface area contributed by atoms with Gasteiger partial charge in [-0.2, -0.15) is 0 Å². The minimum absolute atomic E-state index is 0.0570. The first-order valence-electron chi connectivity index (χ1n) is 8.48. The number of fused-ring (bicyclic) bond motifs is 1. The molecule has 0 radical (unpaired) electrons. The van der Waals surface area contributed by atoms with Crippen LogP contribution < -0.4 is 14.4 Å². The van der Waals surface area contributed by atoms with Crippen molar-refractivity contribution in [3.63, 3.8) is 0 Å². The number of benzene rings is 1. The molecule has 0 aromatic heterocycles. The van der Waals surface area contributed by atoms with Crippen molar-refractivity contribution >= 4 is 15.7 Å². The molecule has 0 unspecified atom stereocenters. The van der Waals surface area contributed by atoms with Crippen molar-refractivity contribution in [2.45, 2.75) is 56.4 Å². The smallest absolute Gasteiger partial charge is 0.241 e. The third-order valence-corrected chi connectivity index (χ3v) is 6.48. The number of nitrogens with zero attached hydrogens (tertiary/aromatic N) is 1. The van der Waals surface area contributed by atoms with Gasteiger partial charge in [-0.3, -0.25) is 0 Å². The van der Waals surface area contributed by atoms with E-state index in [0.717, 1.165) is 43.5 Å². The molecule has 0 atom stereocenters. The summed E-state index contributed by atoms with van der Waals surface area (Å²) in [7, 11) is -1.51. The van der Waals surface area contributed by atoms with Crippen LogP contribution in [0.3, 0.4) is 0 Å². The maximum Gasteiger partial charge on any atom is 0.241 e. The topological polar surface area (TPSA) is 58.6 Å². The van der Waals surface area contributed by atoms with Crippen LogP contribution in [-0.4, -0.2) is 34.7 Å². The molecule has 1 saturated carbocycles. The van der Waals surface area contributed by atoms with Gasteiger partial charge >= 0.3 is 0 Å². The number of anilines is 1. The van der Waals surface area contributed by atoms with E-state index in [1.165, 1.54) is 12.8 Å². The SMILES string of the molecule is Cc1cc2c(cc1S(=O)(=O)NC1CCCCCC1)OCCN2C. The van der Waals surface area contributed by atoms with E-state index >= 15 is 0 Å². The van der Waals surface area contributed by atoms with Crippen molar-refractivity contribution in [1.82, 2.24) is 4.72 Å². The van der Waals surface area contributed by atoms with Crippen LogP contribution in [0, 0.1) is 6.92 Å². The van der Waals surface area contributed by atoms with E-state index in [4.69, 9.17) is 4.74 Å². The first kappa shape index (κ1) is 16.6. The van der Waals surface area contributed by atoms with E-state index in [1.54, 1.807) is 6.07 Å². The van der Waals surface area contributed by atoms with E-state index in [-0.39, 0.29) is 6.04 Å². The maximum absolute atomic E-state index is 12.8. The zero-order chi connectivity index (χ0) is 16.4. The average Bonchev–Trinajstić information content (AvgIpc) is 2.75. The molecule has 1 aromatic carbocycles. The lowest BCUT2D eigenvalue weighted by Crippen LogP contribution is -2.35. The second-order valence-corrected chi connectivity index (χ2v) is 8.35. The first-order chi connectivity index (χ1) is 11.0. The van der Waals surface area contributed by atoms with Gasteiger partial charge in [0.15, 0.2) is 0 Å². The molecule has 0 spiro atoms. The quantitative estimate of drug-likeness (QED) is 0.861. The highest BCUT2D eigenvalue weighted by Crippen LogP contribution is 2.35. The van der Waals surface area contributed by atoms with Crippen LogP contribution in [0.4, 0.5) is 5.69 Å². The summed E-state index contributed by atoms with van der Waals surface area (Å²) in [5.41, 5.74) is 1.73. The molecule has 1 aliphatic carbocycles. The molecule has 23 heavy (non-hydrogen) atoms. The van der Waals surface area contributed by atoms with Crippen LogP contribution >= 0.6 is 0 Å². The number of sulfonamides is 1. The van der Waals surface area contributed by atoms with Gasteiger partial charge in [-0.15, -0.1) is 0 Å². The molecule has 0 bridgehead atoms. The molecular weight excluding hydrogens is 312 g/mol. The van der Waals surface area contributed by atoms with Crippen LogP contribution in [0.25, 0.3) is 0 Å². The maximum atomic E-state index is 12.8. The van der Waals surface area contributed by atoms with Crippen LogP contribution in [0.2, 0.25) is 0 Å². The lowest BCUT2D eigenvalue weighted by Gasteiger charge is -2.29. The fraction of sp³-hybridized carbons (Fsp3) is 0.647. The summed E-state index contributed by atoms with van der Waals surface area (Å²) >= 11 is 0. The van der Waals surface area contributed by atoms with Gasteiger partial charge in [0.1, 0.15) is 12.4 Å². The molecule has 3 rings (SSSR count). The molecule has 1 fully saturated rings. The summed E-state index contributed by atoms with van der Waals surface area (Å²) < 4.78 is 34.2. The zero-order valence-electron chi connectivity index (χ0n) is 14.0. The van der Waals surface area contributed by atoms with Crippen molar-refractivity contribution in [3.05, 3.63) is 17.7 Å². The highest BCUT2D eigenvalue weighted by Gasteiger charge is 2.26. The Hall–Kier alpha value is -1.27. The van der Waals surface area contributed by atoms with E-state index in [0.29, 0.717) is 17.3 Å². The second-order valence-electron chi connectivity index (χ2n) is 6.67. The lowest BCUT2D eigenvalue weighted by molar-refractivity contribution is 0.310. The van der Waals surface area contributed by atoms with Crippen molar-refractivity contribution in [2.24, 2.45) is 0 Å². The monoisotopic (exact) mass is 338 g/mol. The fourth-order valence-electron chi connectivity index (χ4n) is 3.45. The molecule has 128 valence electrons. The zero-order valence-corrected chi connectivity index (χ0v) is 14.8. The van der Waals surface area contributed by atoms with Crippen LogP contribution in [0.1, 0.15) is 44.1 Å². The van der Waals surface area contributed by atoms with Crippen molar-refractivity contribution in [1.29, 1.82) is 0 Å². The summed E-state index contributed by atoms with van der Waals surface area (Å²) in [6.45, 7) is 3.26. The summed E-state index contributed by atoms with van der Waals surface area (Å²) in [5, 5.41) is 0. The van der Waals surface area contributed by atoms with Crippen LogP contribution in [0.15, 0.2) is 17.0 Å². The lowest BCUT2D eigenvalue weighted by atomic mass is 10.1. The van der Waals surface area contributed by atoms with Gasteiger partial charge in [0.05, 0.1) is 17.1 Å². The van der Waals surface area contributed by atoms with Gasteiger partial charge in [0.25, 0.3) is 0 Å². The Kier molecular flexibility index (Phi) is 4.82. The normalized spacial score (nSPS) is 19.8. The Morgan fingerprint density at radius 2 is 1.87 bits per heavy atom. The van der Waals surface area contributed by atoms with E-state index in [2.05, 4.69) is 9.62 Å². The number of aryl methyl sites for hydroxylation is 1. The fourth-order valence-corrected chi connectivity index (χ4v) is 5.00. The minimum Gasteiger partial charge on any atom is -0.490 e. The summed E-state index contributed by atoms with van der Waals surface area (Å²) in [5.74, 6) is 0.658. The number of hydrogen-bond donors (Lipinski definition) is 1. The summed E-state index contributed by atoms with van der Waals surface area (Å²) in [6, 6.07) is 3.65. The van der Waals surface area contributed by atoms with Gasteiger partial charge < -0.3 is 9.64 Å². The average molecular weight is 338 g/mol. The molecule has 1 aromatic rings. The molecule has 5 nitrogen and oxygen atoms in total. The Morgan fingerprint density at radius 3 is 2.57 bits per heavy atom. The second kappa shape index (κ2) is 6.69. The van der Waals surface area contributed by atoms with Gasteiger partial charge in [0, 0.05) is 19.2 Å². The number of nitrogens with one attached hydrogen (secondary N) is 1. The molecule has 0 saturated heterocycles. The molecule has 1 heterocycles. The number of rotatable bonds is 3. The van der Waals surface area contributed by atoms with Gasteiger partial charge in [-0.1, -0.05) is 25.7 Å². The summed E-state index contributed by atoms with van der Waals surface area (Å²) in [6.07, 6.45) is 6.48. The molecule has 6 heteroatoms. The third-order valence-electron chi connectivity index (χ3n) is 4.82. The van der Waals surface area contributed by atoms with Crippen LogP contribution in [0.5, 0.6) is 5.75 Å². The number of hydrogen-bond acceptors (Lipinski definition) is 4. The van der Waals surface area contributed by atoms with E-state index < -0.39 is 10.0 Å². The molecular formula is C17H26N2O3S. The molecule has 2 aliphatic rings. The van der Waals surface area contributed by atoms with Crippen molar-refractivity contribution in [2.75, 3.05) is 25.1 Å². The highest BCUT2D eigenvalue weighted by atomic mass is 32.2. The number of likely N-dealkylation sites (N-methyl/N-ethyl adjacent to an activating group) is 1. The largest absolute Gasteiger partial charge is 0.490 e. The van der Waals surface area contributed by atoms with Gasteiger partial charge in [-0.05, 0) is 31.4 Å². The van der Waals surface area contributed by atoms with E-state index in [9.17, 15) is 8.42 Å². The highest BCUT2D eigenvalue weighted by molar-refractivity contribution is 7.89. The Bertz CT molecular complexity index is 665. The van der Waals surface area contributed by atoms with Crippen LogP contribution in [-0.2, 0) is 10.0 Å².